The van der Waals surface area contributed by atoms with Crippen LogP contribution >= 0.6 is 0 Å². The molecule has 0 radical (unpaired) electrons. The largest absolute Gasteiger partial charge is 0.353 e. The lowest BCUT2D eigenvalue weighted by Crippen LogP contribution is -2.24. The molecule has 4 heteroatoms. The molecule has 20 heavy (non-hydrogen) atoms. The van der Waals surface area contributed by atoms with E-state index < -0.39 is 0 Å². The predicted octanol–water partition coefficient (Wildman–Crippen LogP) is 3.63. The molecule has 0 bridgehead atoms. The highest BCUT2D eigenvalue weighted by molar-refractivity contribution is 5.42. The first-order chi connectivity index (χ1) is 9.72. The van der Waals surface area contributed by atoms with Crippen molar-refractivity contribution in [2.75, 3.05) is 5.32 Å². The van der Waals surface area contributed by atoms with Crippen molar-refractivity contribution in [1.82, 2.24) is 14.5 Å². The third-order valence-electron chi connectivity index (χ3n) is 3.94. The van der Waals surface area contributed by atoms with Crippen molar-refractivity contribution in [2.45, 2.75) is 52.0 Å². The van der Waals surface area contributed by atoms with Crippen molar-refractivity contribution >= 4 is 5.95 Å². The molecule has 106 valence electrons. The Morgan fingerprint density at radius 3 is 2.60 bits per heavy atom. The van der Waals surface area contributed by atoms with E-state index in [2.05, 4.69) is 32.1 Å². The van der Waals surface area contributed by atoms with E-state index in [0.717, 1.165) is 23.0 Å². The van der Waals surface area contributed by atoms with E-state index in [9.17, 15) is 0 Å². The molecular formula is C16H22N4. The maximum absolute atomic E-state index is 4.63. The zero-order valence-corrected chi connectivity index (χ0v) is 12.3. The van der Waals surface area contributed by atoms with E-state index in [0.29, 0.717) is 6.04 Å². The van der Waals surface area contributed by atoms with Gasteiger partial charge in [-0.3, -0.25) is 9.55 Å². The van der Waals surface area contributed by atoms with Crippen LogP contribution < -0.4 is 5.32 Å². The number of rotatable bonds is 3. The Hall–Kier alpha value is -1.84. The minimum absolute atomic E-state index is 0.558. The Bertz CT molecular complexity index is 565. The van der Waals surface area contributed by atoms with Crippen molar-refractivity contribution in [3.05, 3.63) is 35.9 Å². The number of imidazole rings is 1. The third kappa shape index (κ3) is 2.84. The number of nitrogens with zero attached hydrogens (tertiary/aromatic N) is 3. The summed E-state index contributed by atoms with van der Waals surface area (Å²) in [5.74, 6) is 0.944. The molecule has 0 aromatic carbocycles. The van der Waals surface area contributed by atoms with Crippen molar-refractivity contribution < 1.29 is 0 Å². The van der Waals surface area contributed by atoms with Crippen LogP contribution in [0.25, 0.3) is 5.69 Å². The van der Waals surface area contributed by atoms with Crippen LogP contribution in [0.15, 0.2) is 24.5 Å². The standard InChI is InChI=1S/C16H22N4/c1-12-8-9-15(10-17-12)20-11-13(2)18-16(20)19-14-6-4-3-5-7-14/h8-11,14H,3-7H2,1-2H3,(H,18,19). The zero-order valence-electron chi connectivity index (χ0n) is 12.3. The summed E-state index contributed by atoms with van der Waals surface area (Å²) in [5.41, 5.74) is 3.13. The van der Waals surface area contributed by atoms with Crippen LogP contribution in [0.3, 0.4) is 0 Å². The van der Waals surface area contributed by atoms with Gasteiger partial charge in [0.1, 0.15) is 0 Å². The number of pyridine rings is 1. The van der Waals surface area contributed by atoms with Crippen molar-refractivity contribution in [3.63, 3.8) is 0 Å². The van der Waals surface area contributed by atoms with Crippen molar-refractivity contribution in [3.8, 4) is 5.69 Å². The highest BCUT2D eigenvalue weighted by Gasteiger charge is 2.16. The number of hydrogen-bond donors (Lipinski definition) is 1. The van der Waals surface area contributed by atoms with Gasteiger partial charge in [-0.25, -0.2) is 4.98 Å². The highest BCUT2D eigenvalue weighted by atomic mass is 15.2. The summed E-state index contributed by atoms with van der Waals surface area (Å²) in [7, 11) is 0. The van der Waals surface area contributed by atoms with Gasteiger partial charge in [-0.15, -0.1) is 0 Å². The van der Waals surface area contributed by atoms with Gasteiger partial charge in [-0.05, 0) is 38.8 Å². The summed E-state index contributed by atoms with van der Waals surface area (Å²) in [6.45, 7) is 4.04. The minimum Gasteiger partial charge on any atom is -0.353 e. The zero-order chi connectivity index (χ0) is 13.9. The molecule has 0 spiro atoms. The second-order valence-corrected chi connectivity index (χ2v) is 5.71. The molecule has 0 amide bonds. The normalized spacial score (nSPS) is 16.3. The number of anilines is 1. The summed E-state index contributed by atoms with van der Waals surface area (Å²) in [5, 5.41) is 3.61. The fourth-order valence-corrected chi connectivity index (χ4v) is 2.83. The number of hydrogen-bond acceptors (Lipinski definition) is 3. The molecule has 4 nitrogen and oxygen atoms in total. The lowest BCUT2D eigenvalue weighted by atomic mass is 9.96. The summed E-state index contributed by atoms with van der Waals surface area (Å²) in [6, 6.07) is 4.69. The molecule has 3 rings (SSSR count). The van der Waals surface area contributed by atoms with Gasteiger partial charge >= 0.3 is 0 Å². The second-order valence-electron chi connectivity index (χ2n) is 5.71. The number of nitrogens with one attached hydrogen (secondary N) is 1. The molecule has 2 aromatic rings. The summed E-state index contributed by atoms with van der Waals surface area (Å²) < 4.78 is 2.11. The smallest absolute Gasteiger partial charge is 0.208 e. The Morgan fingerprint density at radius 2 is 1.90 bits per heavy atom. The van der Waals surface area contributed by atoms with E-state index in [1.165, 1.54) is 32.1 Å². The maximum atomic E-state index is 4.63. The lowest BCUT2D eigenvalue weighted by molar-refractivity contribution is 0.460. The van der Waals surface area contributed by atoms with Crippen LogP contribution in [0.1, 0.15) is 43.5 Å². The van der Waals surface area contributed by atoms with Gasteiger partial charge in [-0.2, -0.15) is 0 Å². The van der Waals surface area contributed by atoms with E-state index in [1.54, 1.807) is 0 Å². The lowest BCUT2D eigenvalue weighted by Gasteiger charge is -2.23. The van der Waals surface area contributed by atoms with Crippen LogP contribution in [0, 0.1) is 13.8 Å². The fraction of sp³-hybridized carbons (Fsp3) is 0.500. The van der Waals surface area contributed by atoms with Crippen LogP contribution in [0.2, 0.25) is 0 Å². The molecule has 2 heterocycles. The van der Waals surface area contributed by atoms with E-state index >= 15 is 0 Å². The molecule has 2 aromatic heterocycles. The topological polar surface area (TPSA) is 42.7 Å². The number of aryl methyl sites for hydroxylation is 2. The predicted molar refractivity (Wildman–Crippen MR) is 81.3 cm³/mol. The molecule has 0 atom stereocenters. The summed E-state index contributed by atoms with van der Waals surface area (Å²) in [4.78, 5) is 9.00. The Morgan fingerprint density at radius 1 is 1.10 bits per heavy atom. The molecule has 1 N–H and O–H groups in total. The van der Waals surface area contributed by atoms with Crippen LogP contribution in [0.4, 0.5) is 5.95 Å². The highest BCUT2D eigenvalue weighted by Crippen LogP contribution is 2.23. The fourth-order valence-electron chi connectivity index (χ4n) is 2.83. The summed E-state index contributed by atoms with van der Waals surface area (Å²) >= 11 is 0. The SMILES string of the molecule is Cc1ccc(-n2cc(C)nc2NC2CCCCC2)cn1. The molecule has 0 unspecified atom stereocenters. The monoisotopic (exact) mass is 270 g/mol. The average molecular weight is 270 g/mol. The molecular weight excluding hydrogens is 248 g/mol. The van der Waals surface area contributed by atoms with Gasteiger partial charge in [0.2, 0.25) is 5.95 Å². The van der Waals surface area contributed by atoms with Crippen molar-refractivity contribution in [2.24, 2.45) is 0 Å². The molecule has 1 saturated carbocycles. The molecule has 1 aliphatic rings. The Labute approximate surface area is 120 Å². The van der Waals surface area contributed by atoms with Gasteiger partial charge in [-0.1, -0.05) is 19.3 Å². The average Bonchev–Trinajstić information content (AvgIpc) is 2.81. The molecule has 1 aliphatic carbocycles. The Balaban J connectivity index is 1.85. The second kappa shape index (κ2) is 5.65. The van der Waals surface area contributed by atoms with Gasteiger partial charge in [0.15, 0.2) is 0 Å². The quantitative estimate of drug-likeness (QED) is 0.926. The van der Waals surface area contributed by atoms with E-state index in [4.69, 9.17) is 0 Å². The van der Waals surface area contributed by atoms with Gasteiger partial charge < -0.3 is 5.32 Å². The van der Waals surface area contributed by atoms with Gasteiger partial charge in [0, 0.05) is 17.9 Å². The molecule has 0 aliphatic heterocycles. The third-order valence-corrected chi connectivity index (χ3v) is 3.94. The molecule has 1 fully saturated rings. The van der Waals surface area contributed by atoms with Gasteiger partial charge in [0.05, 0.1) is 17.6 Å². The Kier molecular flexibility index (Phi) is 3.72. The van der Waals surface area contributed by atoms with Crippen LogP contribution in [0.5, 0.6) is 0 Å². The van der Waals surface area contributed by atoms with Crippen LogP contribution in [-0.2, 0) is 0 Å². The molecule has 0 saturated heterocycles. The van der Waals surface area contributed by atoms with Gasteiger partial charge in [0.25, 0.3) is 0 Å². The first-order valence-electron chi connectivity index (χ1n) is 7.48. The van der Waals surface area contributed by atoms with E-state index in [-0.39, 0.29) is 0 Å². The number of aromatic nitrogens is 3. The van der Waals surface area contributed by atoms with Crippen molar-refractivity contribution in [1.29, 1.82) is 0 Å². The van der Waals surface area contributed by atoms with Crippen LogP contribution in [-0.4, -0.2) is 20.6 Å². The van der Waals surface area contributed by atoms with E-state index in [1.807, 2.05) is 26.1 Å². The maximum Gasteiger partial charge on any atom is 0.208 e. The minimum atomic E-state index is 0.558. The first-order valence-corrected chi connectivity index (χ1v) is 7.48. The first kappa shape index (κ1) is 13.2. The summed E-state index contributed by atoms with van der Waals surface area (Å²) in [6.07, 6.45) is 10.5.